The average molecular weight is 306 g/mol. The lowest BCUT2D eigenvalue weighted by Crippen LogP contribution is -2.36. The third-order valence-electron chi connectivity index (χ3n) is 4.66. The number of pyridine rings is 2. The maximum absolute atomic E-state index is 12.3. The normalized spacial score (nSPS) is 21.3. The molecule has 3 aromatic rings. The zero-order valence-corrected chi connectivity index (χ0v) is 12.9. The second kappa shape index (κ2) is 5.50. The van der Waals surface area contributed by atoms with E-state index in [1.165, 1.54) is 5.56 Å². The molecule has 2 atom stereocenters. The number of carbonyl (C=O) groups excluding carboxylic acids is 1. The van der Waals surface area contributed by atoms with Crippen LogP contribution in [0.3, 0.4) is 0 Å². The lowest BCUT2D eigenvalue weighted by molar-refractivity contribution is -0.123. The number of rotatable bonds is 2. The van der Waals surface area contributed by atoms with Gasteiger partial charge >= 0.3 is 0 Å². The number of hydrogen-bond acceptors (Lipinski definition) is 3. The molecule has 1 fully saturated rings. The molecule has 5 heteroatoms. The highest BCUT2D eigenvalue weighted by Crippen LogP contribution is 2.37. The van der Waals surface area contributed by atoms with Crippen LogP contribution >= 0.6 is 0 Å². The Morgan fingerprint density at radius 3 is 2.91 bits per heavy atom. The van der Waals surface area contributed by atoms with Crippen LogP contribution < -0.4 is 5.32 Å². The predicted molar refractivity (Wildman–Crippen MR) is 87.9 cm³/mol. The molecule has 4 rings (SSSR count). The van der Waals surface area contributed by atoms with Crippen molar-refractivity contribution in [2.24, 2.45) is 0 Å². The molecule has 4 heterocycles. The van der Waals surface area contributed by atoms with Crippen molar-refractivity contribution in [1.82, 2.24) is 20.3 Å². The monoisotopic (exact) mass is 306 g/mol. The van der Waals surface area contributed by atoms with Crippen LogP contribution in [0, 0.1) is 6.92 Å². The molecule has 1 aliphatic heterocycles. The molecule has 1 saturated heterocycles. The van der Waals surface area contributed by atoms with Gasteiger partial charge in [-0.2, -0.15) is 0 Å². The highest BCUT2D eigenvalue weighted by molar-refractivity contribution is 5.83. The van der Waals surface area contributed by atoms with Crippen molar-refractivity contribution in [2.45, 2.75) is 31.7 Å². The average Bonchev–Trinajstić information content (AvgIpc) is 3.03. The molecule has 0 aliphatic carbocycles. The van der Waals surface area contributed by atoms with Gasteiger partial charge in [-0.25, -0.2) is 4.98 Å². The Morgan fingerprint density at radius 2 is 2.04 bits per heavy atom. The van der Waals surface area contributed by atoms with Crippen LogP contribution in [0.1, 0.15) is 41.5 Å². The Bertz CT molecular complexity index is 870. The number of piperidine rings is 1. The number of aryl methyl sites for hydroxylation is 1. The molecule has 116 valence electrons. The minimum atomic E-state index is 0.0337. The maximum atomic E-state index is 12.3. The summed E-state index contributed by atoms with van der Waals surface area (Å²) in [5.41, 5.74) is 4.34. The molecule has 23 heavy (non-hydrogen) atoms. The second-order valence-electron chi connectivity index (χ2n) is 6.13. The second-order valence-corrected chi connectivity index (χ2v) is 6.13. The predicted octanol–water partition coefficient (Wildman–Crippen LogP) is 3.00. The number of aromatic nitrogens is 3. The number of nitrogens with one attached hydrogen (secondary N) is 2. The van der Waals surface area contributed by atoms with E-state index in [0.29, 0.717) is 6.42 Å². The molecule has 0 spiro atoms. The van der Waals surface area contributed by atoms with Crippen molar-refractivity contribution in [2.75, 3.05) is 0 Å². The minimum Gasteiger partial charge on any atom is -0.349 e. The summed E-state index contributed by atoms with van der Waals surface area (Å²) >= 11 is 0. The van der Waals surface area contributed by atoms with Crippen molar-refractivity contribution in [3.8, 4) is 0 Å². The number of carbonyl (C=O) groups is 1. The van der Waals surface area contributed by atoms with Gasteiger partial charge in [-0.3, -0.25) is 9.78 Å². The SMILES string of the molecule is Cc1cnccc1C1CC(c2ccnc3[nH]ccc23)CC(=O)N1. The summed E-state index contributed by atoms with van der Waals surface area (Å²) in [5.74, 6) is 0.297. The van der Waals surface area contributed by atoms with E-state index in [1.807, 2.05) is 43.7 Å². The maximum Gasteiger partial charge on any atom is 0.221 e. The van der Waals surface area contributed by atoms with E-state index < -0.39 is 0 Å². The third-order valence-corrected chi connectivity index (χ3v) is 4.66. The summed E-state index contributed by atoms with van der Waals surface area (Å²) in [6.45, 7) is 2.04. The third kappa shape index (κ3) is 2.48. The first-order chi connectivity index (χ1) is 11.2. The van der Waals surface area contributed by atoms with Gasteiger partial charge in [0.2, 0.25) is 5.91 Å². The van der Waals surface area contributed by atoms with Crippen molar-refractivity contribution in [1.29, 1.82) is 0 Å². The van der Waals surface area contributed by atoms with Gasteiger partial charge in [-0.15, -0.1) is 0 Å². The Morgan fingerprint density at radius 1 is 1.17 bits per heavy atom. The highest BCUT2D eigenvalue weighted by Gasteiger charge is 2.30. The molecule has 3 aromatic heterocycles. The van der Waals surface area contributed by atoms with E-state index in [2.05, 4.69) is 20.3 Å². The first-order valence-electron chi connectivity index (χ1n) is 7.84. The number of hydrogen-bond donors (Lipinski definition) is 2. The van der Waals surface area contributed by atoms with Crippen LogP contribution in [0.15, 0.2) is 43.0 Å². The van der Waals surface area contributed by atoms with Crippen LogP contribution in [0.2, 0.25) is 0 Å². The van der Waals surface area contributed by atoms with Gasteiger partial charge in [0.1, 0.15) is 5.65 Å². The fourth-order valence-corrected chi connectivity index (χ4v) is 3.56. The molecule has 1 amide bonds. The molecule has 0 saturated carbocycles. The van der Waals surface area contributed by atoms with Gasteiger partial charge in [0.25, 0.3) is 0 Å². The zero-order valence-electron chi connectivity index (χ0n) is 12.9. The fraction of sp³-hybridized carbons (Fsp3) is 0.278. The molecule has 2 N–H and O–H groups in total. The lowest BCUT2D eigenvalue weighted by Gasteiger charge is -2.31. The quantitative estimate of drug-likeness (QED) is 0.764. The van der Waals surface area contributed by atoms with Gasteiger partial charge in [0, 0.05) is 36.6 Å². The van der Waals surface area contributed by atoms with Crippen LogP contribution in [0.4, 0.5) is 0 Å². The van der Waals surface area contributed by atoms with Gasteiger partial charge in [-0.05, 0) is 54.2 Å². The summed E-state index contributed by atoms with van der Waals surface area (Å²) in [7, 11) is 0. The summed E-state index contributed by atoms with van der Waals surface area (Å²) < 4.78 is 0. The fourth-order valence-electron chi connectivity index (χ4n) is 3.56. The van der Waals surface area contributed by atoms with Gasteiger partial charge in [0.05, 0.1) is 6.04 Å². The van der Waals surface area contributed by atoms with Crippen LogP contribution in [0.5, 0.6) is 0 Å². The summed E-state index contributed by atoms with van der Waals surface area (Å²) in [5, 5.41) is 4.23. The molecule has 1 aliphatic rings. The molecule has 5 nitrogen and oxygen atoms in total. The van der Waals surface area contributed by atoms with Crippen molar-refractivity contribution in [3.63, 3.8) is 0 Å². The molecule has 0 aromatic carbocycles. The summed E-state index contributed by atoms with van der Waals surface area (Å²) in [6.07, 6.45) is 8.75. The highest BCUT2D eigenvalue weighted by atomic mass is 16.1. The van der Waals surface area contributed by atoms with Gasteiger partial charge in [0.15, 0.2) is 0 Å². The standard InChI is InChI=1S/C18H18N4O/c1-11-10-19-5-2-13(11)16-8-12(9-17(23)22-16)14-3-6-20-18-15(14)4-7-21-18/h2-7,10,12,16H,8-9H2,1H3,(H,20,21)(H,22,23). The van der Waals surface area contributed by atoms with Crippen LogP contribution in [0.25, 0.3) is 11.0 Å². The number of amides is 1. The van der Waals surface area contributed by atoms with Crippen molar-refractivity contribution in [3.05, 3.63) is 59.7 Å². The minimum absolute atomic E-state index is 0.0337. The van der Waals surface area contributed by atoms with E-state index in [4.69, 9.17) is 0 Å². The van der Waals surface area contributed by atoms with Crippen LogP contribution in [-0.4, -0.2) is 20.9 Å². The van der Waals surface area contributed by atoms with E-state index in [-0.39, 0.29) is 17.9 Å². The molecule has 0 radical (unpaired) electrons. The largest absolute Gasteiger partial charge is 0.349 e. The number of H-pyrrole nitrogens is 1. The van der Waals surface area contributed by atoms with E-state index >= 15 is 0 Å². The van der Waals surface area contributed by atoms with Gasteiger partial charge < -0.3 is 10.3 Å². The molecule has 0 bridgehead atoms. The molecule has 2 unspecified atom stereocenters. The first-order valence-corrected chi connectivity index (χ1v) is 7.84. The van der Waals surface area contributed by atoms with E-state index in [1.54, 1.807) is 6.20 Å². The lowest BCUT2D eigenvalue weighted by atomic mass is 9.82. The molecular weight excluding hydrogens is 288 g/mol. The Hall–Kier alpha value is -2.69. The van der Waals surface area contributed by atoms with Crippen LogP contribution in [-0.2, 0) is 4.79 Å². The van der Waals surface area contributed by atoms with Gasteiger partial charge in [-0.1, -0.05) is 0 Å². The Labute approximate surface area is 134 Å². The van der Waals surface area contributed by atoms with E-state index in [0.717, 1.165) is 28.6 Å². The number of nitrogens with zero attached hydrogens (tertiary/aromatic N) is 2. The molecular formula is C18H18N4O. The smallest absolute Gasteiger partial charge is 0.221 e. The van der Waals surface area contributed by atoms with Crippen molar-refractivity contribution < 1.29 is 4.79 Å². The summed E-state index contributed by atoms with van der Waals surface area (Å²) in [4.78, 5) is 23.9. The zero-order chi connectivity index (χ0) is 15.8. The van der Waals surface area contributed by atoms with E-state index in [9.17, 15) is 4.79 Å². The number of aromatic amines is 1. The summed E-state index contributed by atoms with van der Waals surface area (Å²) in [6, 6.07) is 6.11. The van der Waals surface area contributed by atoms with Crippen molar-refractivity contribution >= 4 is 16.9 Å². The Balaban J connectivity index is 1.71. The topological polar surface area (TPSA) is 70.7 Å². The number of fused-ring (bicyclic) bond motifs is 1. The Kier molecular flexibility index (Phi) is 3.33. The first kappa shape index (κ1) is 13.9.